The summed E-state index contributed by atoms with van der Waals surface area (Å²) in [6, 6.07) is 10.8. The number of carbonyl (C=O) groups is 1. The second-order valence-corrected chi connectivity index (χ2v) is 8.28. The van der Waals surface area contributed by atoms with Gasteiger partial charge in [0.1, 0.15) is 22.3 Å². The minimum atomic E-state index is -0.477. The van der Waals surface area contributed by atoms with Crippen molar-refractivity contribution < 1.29 is 23.1 Å². The molecule has 1 unspecified atom stereocenters. The molecule has 1 saturated heterocycles. The molecule has 3 heterocycles. The maximum absolute atomic E-state index is 13.2. The molecule has 1 fully saturated rings. The van der Waals surface area contributed by atoms with Crippen molar-refractivity contribution in [2.75, 3.05) is 24.9 Å². The predicted octanol–water partition coefficient (Wildman–Crippen LogP) is 4.64. The van der Waals surface area contributed by atoms with Gasteiger partial charge in [0.05, 0.1) is 31.6 Å². The smallest absolute Gasteiger partial charge is 0.238 e. The molecule has 1 aliphatic rings. The van der Waals surface area contributed by atoms with Crippen LogP contribution in [-0.4, -0.2) is 25.9 Å². The van der Waals surface area contributed by atoms with Crippen molar-refractivity contribution in [1.82, 2.24) is 0 Å². The highest BCUT2D eigenvalue weighted by molar-refractivity contribution is 8.00. The van der Waals surface area contributed by atoms with E-state index in [2.05, 4.69) is 0 Å². The lowest BCUT2D eigenvalue weighted by Crippen LogP contribution is -2.28. The molecule has 2 aromatic heterocycles. The van der Waals surface area contributed by atoms with Crippen LogP contribution in [0.15, 0.2) is 56.3 Å². The number of nitrogens with zero attached hydrogens (tertiary/aromatic N) is 1. The largest absolute Gasteiger partial charge is 0.495 e. The molecule has 2 aromatic carbocycles. The van der Waals surface area contributed by atoms with Gasteiger partial charge in [-0.05, 0) is 30.7 Å². The van der Waals surface area contributed by atoms with Crippen LogP contribution in [0.3, 0.4) is 0 Å². The Bertz CT molecular complexity index is 1390. The maximum Gasteiger partial charge on any atom is 0.238 e. The van der Waals surface area contributed by atoms with Gasteiger partial charge >= 0.3 is 0 Å². The third kappa shape index (κ3) is 2.97. The molecule has 0 saturated carbocycles. The molecule has 0 radical (unpaired) electrons. The normalized spacial score (nSPS) is 16.4. The molecular formula is C23H19NO6S. The Morgan fingerprint density at radius 1 is 1.06 bits per heavy atom. The van der Waals surface area contributed by atoms with Gasteiger partial charge in [-0.2, -0.15) is 0 Å². The van der Waals surface area contributed by atoms with Gasteiger partial charge in [-0.25, -0.2) is 0 Å². The number of amides is 1. The number of carbonyl (C=O) groups excluding carboxylic acids is 1. The summed E-state index contributed by atoms with van der Waals surface area (Å²) in [4.78, 5) is 27.6. The Hall–Kier alpha value is -3.39. The third-order valence-corrected chi connectivity index (χ3v) is 6.49. The zero-order valence-corrected chi connectivity index (χ0v) is 17.9. The summed E-state index contributed by atoms with van der Waals surface area (Å²) in [5, 5.41) is 0.418. The van der Waals surface area contributed by atoms with Gasteiger partial charge < -0.3 is 18.3 Å². The zero-order valence-electron chi connectivity index (χ0n) is 17.1. The fourth-order valence-corrected chi connectivity index (χ4v) is 5.11. The van der Waals surface area contributed by atoms with Crippen LogP contribution in [-0.2, 0) is 4.79 Å². The Morgan fingerprint density at radius 2 is 1.87 bits per heavy atom. The van der Waals surface area contributed by atoms with Crippen LogP contribution in [0.5, 0.6) is 11.5 Å². The van der Waals surface area contributed by atoms with E-state index >= 15 is 0 Å². The predicted molar refractivity (Wildman–Crippen MR) is 119 cm³/mol. The molecule has 1 amide bonds. The number of aryl methyl sites for hydroxylation is 1. The van der Waals surface area contributed by atoms with Crippen LogP contribution in [0.2, 0.25) is 0 Å². The van der Waals surface area contributed by atoms with E-state index in [-0.39, 0.29) is 28.1 Å². The summed E-state index contributed by atoms with van der Waals surface area (Å²) in [5.41, 5.74) is 2.17. The maximum atomic E-state index is 13.2. The minimum Gasteiger partial charge on any atom is -0.495 e. The Labute approximate surface area is 181 Å². The van der Waals surface area contributed by atoms with Crippen molar-refractivity contribution >= 4 is 45.3 Å². The van der Waals surface area contributed by atoms with Crippen LogP contribution in [0, 0.1) is 6.92 Å². The van der Waals surface area contributed by atoms with E-state index in [1.165, 1.54) is 38.3 Å². The molecule has 0 aliphatic carbocycles. The van der Waals surface area contributed by atoms with Crippen LogP contribution >= 0.6 is 11.8 Å². The summed E-state index contributed by atoms with van der Waals surface area (Å²) < 4.78 is 22.9. The lowest BCUT2D eigenvalue weighted by molar-refractivity contribution is -0.115. The van der Waals surface area contributed by atoms with Crippen molar-refractivity contribution in [2.24, 2.45) is 0 Å². The lowest BCUT2D eigenvalue weighted by atomic mass is 10.1. The number of rotatable bonds is 4. The van der Waals surface area contributed by atoms with Crippen molar-refractivity contribution in [3.63, 3.8) is 0 Å². The summed E-state index contributed by atoms with van der Waals surface area (Å²) in [5.74, 6) is 1.28. The molecule has 1 atom stereocenters. The number of fused-ring (bicyclic) bond motifs is 2. The minimum absolute atomic E-state index is 0.0469. The average molecular weight is 437 g/mol. The highest BCUT2D eigenvalue weighted by atomic mass is 32.2. The van der Waals surface area contributed by atoms with Crippen molar-refractivity contribution in [2.45, 2.75) is 12.3 Å². The molecule has 0 spiro atoms. The number of furan rings is 1. The Balaban J connectivity index is 1.75. The number of hydrogen-bond donors (Lipinski definition) is 0. The topological polar surface area (TPSA) is 82.1 Å². The van der Waals surface area contributed by atoms with Crippen LogP contribution in [0.25, 0.3) is 21.9 Å². The quantitative estimate of drug-likeness (QED) is 0.460. The summed E-state index contributed by atoms with van der Waals surface area (Å²) >= 11 is 1.41. The van der Waals surface area contributed by atoms with Gasteiger partial charge in [0.15, 0.2) is 16.6 Å². The van der Waals surface area contributed by atoms with Gasteiger partial charge in [-0.3, -0.25) is 14.5 Å². The zero-order chi connectivity index (χ0) is 21.7. The first kappa shape index (κ1) is 19.6. The molecule has 4 aromatic rings. The summed E-state index contributed by atoms with van der Waals surface area (Å²) in [7, 11) is 2.98. The molecule has 8 heteroatoms. The van der Waals surface area contributed by atoms with E-state index in [9.17, 15) is 9.59 Å². The first-order valence-electron chi connectivity index (χ1n) is 9.62. The molecule has 5 rings (SSSR count). The molecule has 7 nitrogen and oxygen atoms in total. The molecule has 31 heavy (non-hydrogen) atoms. The second kappa shape index (κ2) is 7.39. The number of methoxy groups -OCH3 is 2. The number of thioether (sulfide) groups is 1. The number of hydrogen-bond acceptors (Lipinski definition) is 7. The summed E-state index contributed by atoms with van der Waals surface area (Å²) in [6.45, 7) is 1.97. The first-order valence-corrected chi connectivity index (χ1v) is 10.7. The van der Waals surface area contributed by atoms with E-state index in [0.29, 0.717) is 28.2 Å². The molecule has 1 aliphatic heterocycles. The standard InChI is InChI=1S/C23H19NO6S/c1-12-5-4-6-13(9-12)24-17(26)11-31-23(24)16-10-15(25)18-19(27-2)14-7-8-29-20(14)22(28-3)21(18)30-16/h4-10,23H,11H2,1-3H3. The monoisotopic (exact) mass is 437 g/mol. The molecule has 0 N–H and O–H groups in total. The highest BCUT2D eigenvalue weighted by Gasteiger charge is 2.37. The molecule has 0 bridgehead atoms. The van der Waals surface area contributed by atoms with E-state index in [0.717, 1.165) is 11.3 Å². The molecular weight excluding hydrogens is 418 g/mol. The summed E-state index contributed by atoms with van der Waals surface area (Å²) in [6.07, 6.45) is 1.50. The van der Waals surface area contributed by atoms with Crippen LogP contribution in [0.1, 0.15) is 16.7 Å². The van der Waals surface area contributed by atoms with Crippen LogP contribution < -0.4 is 19.8 Å². The van der Waals surface area contributed by atoms with Crippen molar-refractivity contribution in [1.29, 1.82) is 0 Å². The fourth-order valence-electron chi connectivity index (χ4n) is 4.00. The first-order chi connectivity index (χ1) is 15.0. The molecule has 158 valence electrons. The van der Waals surface area contributed by atoms with Gasteiger partial charge in [0.25, 0.3) is 0 Å². The van der Waals surface area contributed by atoms with E-state index in [1.807, 2.05) is 31.2 Å². The van der Waals surface area contributed by atoms with E-state index in [4.69, 9.17) is 18.3 Å². The lowest BCUT2D eigenvalue weighted by Gasteiger charge is -2.24. The van der Waals surface area contributed by atoms with Crippen molar-refractivity contribution in [3.05, 3.63) is 64.2 Å². The second-order valence-electron chi connectivity index (χ2n) is 7.21. The third-order valence-electron chi connectivity index (χ3n) is 5.32. The van der Waals surface area contributed by atoms with Gasteiger partial charge in [0.2, 0.25) is 11.7 Å². The number of ether oxygens (including phenoxy) is 2. The van der Waals surface area contributed by atoms with Crippen LogP contribution in [0.4, 0.5) is 5.69 Å². The van der Waals surface area contributed by atoms with Gasteiger partial charge in [-0.15, -0.1) is 11.8 Å². The Morgan fingerprint density at radius 3 is 2.61 bits per heavy atom. The number of anilines is 1. The highest BCUT2D eigenvalue weighted by Crippen LogP contribution is 2.46. The van der Waals surface area contributed by atoms with E-state index < -0.39 is 5.37 Å². The van der Waals surface area contributed by atoms with Gasteiger partial charge in [-0.1, -0.05) is 12.1 Å². The SMILES string of the molecule is COc1c2occc2c(OC)c2c(=O)cc(C3SCC(=O)N3c3cccc(C)c3)oc12. The number of benzene rings is 2. The fraction of sp³-hybridized carbons (Fsp3) is 0.217. The van der Waals surface area contributed by atoms with Gasteiger partial charge in [0, 0.05) is 11.8 Å². The van der Waals surface area contributed by atoms with Crippen molar-refractivity contribution in [3.8, 4) is 11.5 Å². The Kier molecular flexibility index (Phi) is 4.66. The average Bonchev–Trinajstić information content (AvgIpc) is 3.38. The van der Waals surface area contributed by atoms with E-state index in [1.54, 1.807) is 11.0 Å².